The Hall–Kier alpha value is -2.25. The quantitative estimate of drug-likeness (QED) is 0.512. The number of H-pyrrole nitrogens is 1. The summed E-state index contributed by atoms with van der Waals surface area (Å²) in [5.41, 5.74) is 2.45. The Morgan fingerprint density at radius 1 is 1.23 bits per heavy atom. The minimum atomic E-state index is 0.122. The van der Waals surface area contributed by atoms with Gasteiger partial charge in [0.1, 0.15) is 0 Å². The Labute approximate surface area is 188 Å². The minimum absolute atomic E-state index is 0.122. The van der Waals surface area contributed by atoms with Crippen molar-refractivity contribution in [2.45, 2.75) is 58.5 Å². The number of carbonyl (C=O) groups is 1. The van der Waals surface area contributed by atoms with E-state index in [2.05, 4.69) is 77.2 Å². The van der Waals surface area contributed by atoms with E-state index in [0.717, 1.165) is 43.0 Å². The van der Waals surface area contributed by atoms with Gasteiger partial charge in [-0.1, -0.05) is 42.9 Å². The number of benzene rings is 1. The smallest absolute Gasteiger partial charge is 0.208 e. The summed E-state index contributed by atoms with van der Waals surface area (Å²) in [6, 6.07) is 9.28. The first-order valence-corrected chi connectivity index (χ1v) is 12.2. The fourth-order valence-electron chi connectivity index (χ4n) is 4.66. The second-order valence-corrected chi connectivity index (χ2v) is 9.96. The number of piperazine rings is 1. The van der Waals surface area contributed by atoms with Crippen LogP contribution in [0.2, 0.25) is 0 Å². The van der Waals surface area contributed by atoms with Crippen LogP contribution in [0.1, 0.15) is 55.4 Å². The van der Waals surface area contributed by atoms with Crippen LogP contribution in [-0.4, -0.2) is 58.1 Å². The van der Waals surface area contributed by atoms with Gasteiger partial charge in [0.25, 0.3) is 0 Å². The summed E-state index contributed by atoms with van der Waals surface area (Å²) in [6.45, 7) is 8.49. The van der Waals surface area contributed by atoms with Crippen molar-refractivity contribution in [3.05, 3.63) is 41.0 Å². The van der Waals surface area contributed by atoms with Crippen molar-refractivity contribution in [3.8, 4) is 0 Å². The summed E-state index contributed by atoms with van der Waals surface area (Å²) < 4.78 is 0. The molecule has 3 aromatic rings. The third kappa shape index (κ3) is 4.83. The second kappa shape index (κ2) is 9.49. The molecule has 1 fully saturated rings. The number of fused-ring (bicyclic) bond motifs is 1. The third-order valence-corrected chi connectivity index (χ3v) is 7.66. The highest BCUT2D eigenvalue weighted by atomic mass is 32.1. The van der Waals surface area contributed by atoms with Gasteiger partial charge in [0.2, 0.25) is 5.13 Å². The molecule has 1 aliphatic rings. The van der Waals surface area contributed by atoms with Gasteiger partial charge in [-0.15, -0.1) is 10.2 Å². The number of ketones is 1. The average Bonchev–Trinajstić information content (AvgIpc) is 3.40. The van der Waals surface area contributed by atoms with Crippen molar-refractivity contribution >= 4 is 33.2 Å². The molecule has 0 aliphatic carbocycles. The number of aromatic amines is 1. The number of hydrogen-bond donors (Lipinski definition) is 1. The van der Waals surface area contributed by atoms with E-state index in [9.17, 15) is 4.79 Å². The van der Waals surface area contributed by atoms with Crippen LogP contribution in [0, 0.1) is 5.92 Å². The molecule has 0 bridgehead atoms. The Balaban J connectivity index is 1.43. The van der Waals surface area contributed by atoms with Crippen LogP contribution in [0.25, 0.3) is 10.9 Å². The number of carbonyl (C=O) groups excluding carboxylic acids is 1. The molecule has 3 atom stereocenters. The molecule has 2 aromatic heterocycles. The second-order valence-electron chi connectivity index (χ2n) is 9.00. The van der Waals surface area contributed by atoms with E-state index in [1.807, 2.05) is 6.07 Å². The lowest BCUT2D eigenvalue weighted by Crippen LogP contribution is -2.55. The zero-order valence-corrected chi connectivity index (χ0v) is 19.8. The van der Waals surface area contributed by atoms with Crippen LogP contribution in [-0.2, 0) is 6.42 Å². The van der Waals surface area contributed by atoms with Crippen LogP contribution in [0.15, 0.2) is 30.5 Å². The summed E-state index contributed by atoms with van der Waals surface area (Å²) in [6.07, 6.45) is 5.62. The van der Waals surface area contributed by atoms with Crippen LogP contribution in [0.4, 0.5) is 5.13 Å². The normalized spacial score (nSPS) is 21.0. The molecule has 3 heterocycles. The van der Waals surface area contributed by atoms with Gasteiger partial charge in [-0.3, -0.25) is 9.69 Å². The largest absolute Gasteiger partial charge is 0.361 e. The molecule has 1 N–H and O–H groups in total. The van der Waals surface area contributed by atoms with E-state index in [1.54, 1.807) is 0 Å². The van der Waals surface area contributed by atoms with Crippen LogP contribution in [0.3, 0.4) is 0 Å². The predicted octanol–water partition coefficient (Wildman–Crippen LogP) is 4.78. The maximum absolute atomic E-state index is 13.1. The fourth-order valence-corrected chi connectivity index (χ4v) is 5.47. The summed E-state index contributed by atoms with van der Waals surface area (Å²) in [5, 5.41) is 11.3. The maximum Gasteiger partial charge on any atom is 0.208 e. The number of rotatable bonds is 8. The molecule has 7 heteroatoms. The van der Waals surface area contributed by atoms with Crippen LogP contribution < -0.4 is 4.90 Å². The Morgan fingerprint density at radius 2 is 1.97 bits per heavy atom. The highest BCUT2D eigenvalue weighted by molar-refractivity contribution is 7.17. The number of para-hydroxylation sites is 1. The molecule has 166 valence electrons. The molecule has 0 amide bonds. The molecule has 1 unspecified atom stereocenters. The molecule has 1 aliphatic heterocycles. The fraction of sp³-hybridized carbons (Fsp3) is 0.542. The number of Topliss-reactive ketones (excluding diaryl/α,β-unsaturated/α-hetero) is 1. The Morgan fingerprint density at radius 3 is 2.71 bits per heavy atom. The number of likely N-dealkylation sites (N-methyl/N-ethyl adjacent to an activating group) is 1. The maximum atomic E-state index is 13.1. The molecule has 0 saturated carbocycles. The van der Waals surface area contributed by atoms with Gasteiger partial charge in [-0.25, -0.2) is 0 Å². The SMILES string of the molecule is CCCC(CC(=O)c1nnc(N2C[C@@H](C)N(C)[C@H](C)C2)s1)Cc1c[nH]c2ccccc12. The molecular formula is C24H33N5OS. The van der Waals surface area contributed by atoms with Gasteiger partial charge < -0.3 is 9.88 Å². The third-order valence-electron chi connectivity index (χ3n) is 6.64. The van der Waals surface area contributed by atoms with Crippen LogP contribution in [0.5, 0.6) is 0 Å². The Bertz CT molecular complexity index is 1020. The van der Waals surface area contributed by atoms with Crippen molar-refractivity contribution in [1.82, 2.24) is 20.1 Å². The van der Waals surface area contributed by atoms with E-state index in [0.29, 0.717) is 29.4 Å². The molecule has 4 rings (SSSR count). The molecule has 0 spiro atoms. The van der Waals surface area contributed by atoms with Gasteiger partial charge in [0.05, 0.1) is 0 Å². The summed E-state index contributed by atoms with van der Waals surface area (Å²) in [7, 11) is 2.17. The number of hydrogen-bond acceptors (Lipinski definition) is 6. The molecule has 6 nitrogen and oxygen atoms in total. The molecule has 31 heavy (non-hydrogen) atoms. The van der Waals surface area contributed by atoms with E-state index in [4.69, 9.17) is 0 Å². The Kier molecular flexibility index (Phi) is 6.72. The van der Waals surface area contributed by atoms with E-state index in [1.165, 1.54) is 22.3 Å². The van der Waals surface area contributed by atoms with Gasteiger partial charge in [0.15, 0.2) is 10.8 Å². The molecular weight excluding hydrogens is 406 g/mol. The molecule has 1 saturated heterocycles. The first kappa shape index (κ1) is 22.0. The van der Waals surface area contributed by atoms with Gasteiger partial charge in [-0.05, 0) is 51.3 Å². The number of anilines is 1. The number of nitrogens with one attached hydrogen (secondary N) is 1. The first-order valence-electron chi connectivity index (χ1n) is 11.3. The average molecular weight is 440 g/mol. The topological polar surface area (TPSA) is 65.1 Å². The zero-order valence-electron chi connectivity index (χ0n) is 19.0. The van der Waals surface area contributed by atoms with Gasteiger partial charge in [0, 0.05) is 48.7 Å². The predicted molar refractivity (Wildman–Crippen MR) is 128 cm³/mol. The van der Waals surface area contributed by atoms with E-state index < -0.39 is 0 Å². The van der Waals surface area contributed by atoms with Crippen molar-refractivity contribution < 1.29 is 4.79 Å². The highest BCUT2D eigenvalue weighted by Gasteiger charge is 2.29. The van der Waals surface area contributed by atoms with Crippen molar-refractivity contribution in [2.75, 3.05) is 25.0 Å². The van der Waals surface area contributed by atoms with Crippen molar-refractivity contribution in [1.29, 1.82) is 0 Å². The van der Waals surface area contributed by atoms with Crippen molar-refractivity contribution in [3.63, 3.8) is 0 Å². The standard InChI is InChI=1S/C24H33N5OS/c1-5-8-18(11-19-13-25-21-10-7-6-9-20(19)21)12-22(30)23-26-27-24(31-23)29-14-16(2)28(4)17(3)15-29/h6-7,9-10,13,16-18,25H,5,8,11-12,14-15H2,1-4H3/t16-,17-,18?/m1/s1. The molecule has 0 radical (unpaired) electrons. The summed E-state index contributed by atoms with van der Waals surface area (Å²) in [5.74, 6) is 0.435. The lowest BCUT2D eigenvalue weighted by Gasteiger charge is -2.42. The summed E-state index contributed by atoms with van der Waals surface area (Å²) >= 11 is 1.45. The first-order chi connectivity index (χ1) is 15.0. The van der Waals surface area contributed by atoms with Gasteiger partial charge >= 0.3 is 0 Å². The lowest BCUT2D eigenvalue weighted by atomic mass is 9.90. The number of nitrogens with zero attached hydrogens (tertiary/aromatic N) is 4. The zero-order chi connectivity index (χ0) is 22.0. The lowest BCUT2D eigenvalue weighted by molar-refractivity contribution is 0.0957. The highest BCUT2D eigenvalue weighted by Crippen LogP contribution is 2.29. The van der Waals surface area contributed by atoms with Crippen molar-refractivity contribution in [2.24, 2.45) is 5.92 Å². The monoisotopic (exact) mass is 439 g/mol. The van der Waals surface area contributed by atoms with E-state index in [-0.39, 0.29) is 5.78 Å². The minimum Gasteiger partial charge on any atom is -0.361 e. The number of aromatic nitrogens is 3. The summed E-state index contributed by atoms with van der Waals surface area (Å²) in [4.78, 5) is 21.1. The van der Waals surface area contributed by atoms with E-state index >= 15 is 0 Å². The molecule has 1 aromatic carbocycles. The van der Waals surface area contributed by atoms with Crippen LogP contribution >= 0.6 is 11.3 Å². The van der Waals surface area contributed by atoms with Gasteiger partial charge in [-0.2, -0.15) is 0 Å².